The van der Waals surface area contributed by atoms with Gasteiger partial charge in [0.15, 0.2) is 11.6 Å². The zero-order valence-electron chi connectivity index (χ0n) is 32.9. The van der Waals surface area contributed by atoms with Crippen molar-refractivity contribution < 1.29 is 0 Å². The fourth-order valence-corrected chi connectivity index (χ4v) is 8.52. The van der Waals surface area contributed by atoms with Crippen LogP contribution < -0.4 is 0 Å². The first-order valence-electron chi connectivity index (χ1n) is 19.2. The largest absolute Gasteiger partial charge is 0.309 e. The smallest absolute Gasteiger partial charge is 0.163 e. The minimum atomic E-state index is 0.504. The topological polar surface area (TPSA) is 135 Å². The summed E-state index contributed by atoms with van der Waals surface area (Å²) in [6, 6.07) is 43.9. The van der Waals surface area contributed by atoms with Crippen LogP contribution in [0.3, 0.4) is 0 Å². The maximum atomic E-state index is 11.1. The molecule has 0 amide bonds. The number of nitriles is 2. The van der Waals surface area contributed by atoms with Crippen molar-refractivity contribution in [2.45, 2.75) is 34.6 Å². The number of benzene rings is 6. The summed E-state index contributed by atoms with van der Waals surface area (Å²) in [5, 5.41) is 25.1. The van der Waals surface area contributed by atoms with Crippen molar-refractivity contribution in [3.63, 3.8) is 0 Å². The molecule has 0 fully saturated rings. The number of hydrogen-bond donors (Lipinski definition) is 0. The molecule has 0 saturated heterocycles. The fraction of sp³-hybridized carbons (Fsp3) is 0.102. The first kappa shape index (κ1) is 35.3. The predicted octanol–water partition coefficient (Wildman–Crippen LogP) is 10.5. The van der Waals surface area contributed by atoms with E-state index in [9.17, 15) is 10.5 Å². The van der Waals surface area contributed by atoms with E-state index in [1.54, 1.807) is 0 Å². The second-order valence-corrected chi connectivity index (χ2v) is 14.8. The Morgan fingerprint density at radius 2 is 0.915 bits per heavy atom. The first-order chi connectivity index (χ1) is 28.7. The van der Waals surface area contributed by atoms with E-state index in [0.717, 1.165) is 82.8 Å². The Morgan fingerprint density at radius 1 is 0.424 bits per heavy atom. The van der Waals surface area contributed by atoms with Gasteiger partial charge in [-0.3, -0.25) is 0 Å². The molecule has 6 aromatic carbocycles. The minimum Gasteiger partial charge on any atom is -0.309 e. The van der Waals surface area contributed by atoms with E-state index in [4.69, 9.17) is 0 Å². The highest BCUT2D eigenvalue weighted by Gasteiger charge is 2.23. The maximum Gasteiger partial charge on any atom is 0.163 e. The lowest BCUT2D eigenvalue weighted by molar-refractivity contribution is 0.928. The van der Waals surface area contributed by atoms with E-state index in [0.29, 0.717) is 46.1 Å². The van der Waals surface area contributed by atoms with Gasteiger partial charge in [-0.1, -0.05) is 42.5 Å². The average Bonchev–Trinajstić information content (AvgIpc) is 3.74. The number of fused-ring (bicyclic) bond motifs is 6. The summed E-state index contributed by atoms with van der Waals surface area (Å²) in [5.74, 6) is 3.89. The molecule has 0 bridgehead atoms. The fourth-order valence-electron chi connectivity index (χ4n) is 8.52. The van der Waals surface area contributed by atoms with Gasteiger partial charge in [-0.2, -0.15) is 10.5 Å². The van der Waals surface area contributed by atoms with Gasteiger partial charge in [0.05, 0.1) is 50.6 Å². The maximum absolute atomic E-state index is 11.1. The Balaban J connectivity index is 1.27. The number of aromatic nitrogens is 8. The summed E-state index contributed by atoms with van der Waals surface area (Å²) >= 11 is 0. The van der Waals surface area contributed by atoms with Crippen LogP contribution in [0.15, 0.2) is 115 Å². The van der Waals surface area contributed by atoms with E-state index in [-0.39, 0.29) is 0 Å². The lowest BCUT2D eigenvalue weighted by Crippen LogP contribution is -2.04. The summed E-state index contributed by atoms with van der Waals surface area (Å²) in [5.41, 5.74) is 11.1. The van der Waals surface area contributed by atoms with Crippen molar-refractivity contribution in [3.05, 3.63) is 155 Å². The van der Waals surface area contributed by atoms with E-state index < -0.39 is 0 Å². The number of para-hydroxylation sites is 2. The van der Waals surface area contributed by atoms with E-state index in [2.05, 4.69) is 106 Å². The summed E-state index contributed by atoms with van der Waals surface area (Å²) in [6.45, 7) is 9.53. The van der Waals surface area contributed by atoms with Crippen LogP contribution in [0.5, 0.6) is 0 Å². The minimum absolute atomic E-state index is 0.504. The quantitative estimate of drug-likeness (QED) is 0.169. The summed E-state index contributed by atoms with van der Waals surface area (Å²) < 4.78 is 4.42. The highest BCUT2D eigenvalue weighted by atomic mass is 15.0. The molecule has 10 rings (SSSR count). The van der Waals surface area contributed by atoms with E-state index in [1.807, 2.05) is 95.3 Å². The molecular formula is C49H34N10. The molecule has 0 N–H and O–H groups in total. The van der Waals surface area contributed by atoms with Gasteiger partial charge >= 0.3 is 0 Å². The highest BCUT2D eigenvalue weighted by molar-refractivity contribution is 6.12. The second kappa shape index (κ2) is 13.5. The van der Waals surface area contributed by atoms with Crippen LogP contribution in [-0.4, -0.2) is 39.0 Å². The Morgan fingerprint density at radius 3 is 1.41 bits per heavy atom. The van der Waals surface area contributed by atoms with Crippen LogP contribution in [0.25, 0.3) is 88.9 Å². The molecule has 0 atom stereocenters. The molecule has 0 radical (unpaired) electrons. The zero-order valence-corrected chi connectivity index (χ0v) is 32.9. The molecule has 0 saturated carbocycles. The van der Waals surface area contributed by atoms with Gasteiger partial charge in [-0.05, 0) is 119 Å². The third-order valence-electron chi connectivity index (χ3n) is 10.9. The second-order valence-electron chi connectivity index (χ2n) is 14.8. The lowest BCUT2D eigenvalue weighted by Gasteiger charge is -2.20. The third kappa shape index (κ3) is 5.77. The van der Waals surface area contributed by atoms with Crippen molar-refractivity contribution >= 4 is 43.6 Å². The normalized spacial score (nSPS) is 11.4. The Bertz CT molecular complexity index is 3450. The Labute approximate surface area is 339 Å². The molecule has 10 aromatic rings. The van der Waals surface area contributed by atoms with Crippen molar-refractivity contribution in [2.75, 3.05) is 0 Å². The molecule has 0 aliphatic heterocycles. The monoisotopic (exact) mass is 762 g/mol. The van der Waals surface area contributed by atoms with E-state index >= 15 is 0 Å². The van der Waals surface area contributed by atoms with Crippen LogP contribution in [0.4, 0.5) is 0 Å². The Kier molecular flexibility index (Phi) is 8.11. The summed E-state index contributed by atoms with van der Waals surface area (Å²) in [7, 11) is 0. The molecule has 10 nitrogen and oxygen atoms in total. The highest BCUT2D eigenvalue weighted by Crippen LogP contribution is 2.42. The van der Waals surface area contributed by atoms with Gasteiger partial charge in [-0.25, -0.2) is 29.9 Å². The van der Waals surface area contributed by atoms with Crippen molar-refractivity contribution in [2.24, 2.45) is 0 Å². The molecule has 0 unspecified atom stereocenters. The SMILES string of the molecule is Cc1nc(C)nc(-c2ccc3c(c2)c2ccccc2n3-c2cc(-c3ccc(C#N)cc3C)c(-n3c4ccccc4c4cc(-c5nc(C)nc(C)n5)ccc43)cc2C#N)n1. The average molecular weight is 763 g/mol. The van der Waals surface area contributed by atoms with Gasteiger partial charge in [0.1, 0.15) is 29.4 Å². The van der Waals surface area contributed by atoms with Crippen LogP contribution in [0.1, 0.15) is 40.0 Å². The summed E-state index contributed by atoms with van der Waals surface area (Å²) in [4.78, 5) is 27.4. The third-order valence-corrected chi connectivity index (χ3v) is 10.9. The number of hydrogen-bond acceptors (Lipinski definition) is 8. The van der Waals surface area contributed by atoms with Gasteiger partial charge in [0.25, 0.3) is 0 Å². The predicted molar refractivity (Wildman–Crippen MR) is 231 cm³/mol. The first-order valence-corrected chi connectivity index (χ1v) is 19.2. The van der Waals surface area contributed by atoms with Gasteiger partial charge < -0.3 is 9.13 Å². The standard InChI is InChI=1S/C49H34N10/c1-27-20-32(25-50)14-17-36(27)41-24-46(58-42-12-8-6-10-37(42)39-21-33(15-18-44(39)58)48-54-28(2)52-29(3)55-48)35(26-51)23-47(41)59-43-13-9-7-11-38(43)40-22-34(16-19-45(40)59)49-56-30(4)53-31(5)57-49/h6-24H,1-5H3. The zero-order chi connectivity index (χ0) is 40.5. The molecule has 4 heterocycles. The number of nitrogens with zero attached hydrogens (tertiary/aromatic N) is 10. The van der Waals surface area contributed by atoms with E-state index in [1.165, 1.54) is 0 Å². The molecule has 0 aliphatic carbocycles. The molecule has 10 heteroatoms. The lowest BCUT2D eigenvalue weighted by atomic mass is 9.94. The van der Waals surface area contributed by atoms with Gasteiger partial charge in [0.2, 0.25) is 0 Å². The van der Waals surface area contributed by atoms with Crippen LogP contribution >= 0.6 is 0 Å². The molecule has 4 aromatic heterocycles. The van der Waals surface area contributed by atoms with Crippen molar-refractivity contribution in [1.29, 1.82) is 10.5 Å². The molecule has 59 heavy (non-hydrogen) atoms. The van der Waals surface area contributed by atoms with Crippen LogP contribution in [0.2, 0.25) is 0 Å². The summed E-state index contributed by atoms with van der Waals surface area (Å²) in [6.07, 6.45) is 0. The van der Waals surface area contributed by atoms with Crippen LogP contribution in [0, 0.1) is 57.3 Å². The van der Waals surface area contributed by atoms with Crippen LogP contribution in [-0.2, 0) is 0 Å². The Hall–Kier alpha value is -8.08. The number of rotatable bonds is 5. The van der Waals surface area contributed by atoms with Crippen molar-refractivity contribution in [1.82, 2.24) is 39.0 Å². The van der Waals surface area contributed by atoms with Gasteiger partial charge in [-0.15, -0.1) is 0 Å². The molecule has 0 aliphatic rings. The molecular weight excluding hydrogens is 729 g/mol. The number of aryl methyl sites for hydroxylation is 5. The molecule has 280 valence electrons. The molecule has 0 spiro atoms. The van der Waals surface area contributed by atoms with Gasteiger partial charge in [0, 0.05) is 38.2 Å². The van der Waals surface area contributed by atoms with Crippen molar-refractivity contribution in [3.8, 4) is 57.4 Å².